The Morgan fingerprint density at radius 2 is 1.48 bits per heavy atom. The zero-order chi connectivity index (χ0) is 29.3. The Morgan fingerprint density at radius 1 is 0.750 bits per heavy atom. The third-order valence-electron chi connectivity index (χ3n) is 10.1. The summed E-state index contributed by atoms with van der Waals surface area (Å²) in [5, 5.41) is 0. The van der Waals surface area contributed by atoms with Crippen LogP contribution >= 0.6 is 0 Å². The van der Waals surface area contributed by atoms with Crippen molar-refractivity contribution >= 4 is 12.2 Å². The van der Waals surface area contributed by atoms with E-state index in [9.17, 15) is 9.59 Å². The van der Waals surface area contributed by atoms with Gasteiger partial charge in [-0.25, -0.2) is 9.59 Å². The Hall–Kier alpha value is -1.54. The average Bonchev–Trinajstić information content (AvgIpc) is 3.47. The first kappa shape index (κ1) is 31.4. The molecule has 0 saturated carbocycles. The Balaban J connectivity index is 1.28. The van der Waals surface area contributed by atoms with Crippen molar-refractivity contribution in [1.29, 1.82) is 0 Å². The van der Waals surface area contributed by atoms with Gasteiger partial charge >= 0.3 is 12.2 Å². The quantitative estimate of drug-likeness (QED) is 0.388. The van der Waals surface area contributed by atoms with Crippen molar-refractivity contribution < 1.29 is 19.1 Å². The number of amides is 2. The Labute approximate surface area is 244 Å². The molecule has 0 N–H and O–H groups in total. The molecule has 0 radical (unpaired) electrons. The zero-order valence-corrected chi connectivity index (χ0v) is 26.9. The van der Waals surface area contributed by atoms with E-state index >= 15 is 0 Å². The zero-order valence-electron chi connectivity index (χ0n) is 26.9. The number of carbonyl (C=O) groups excluding carboxylic acids is 2. The fourth-order valence-corrected chi connectivity index (χ4v) is 7.58. The van der Waals surface area contributed by atoms with E-state index in [1.54, 1.807) is 0 Å². The molecule has 0 aromatic heterocycles. The molecule has 0 aromatic rings. The summed E-state index contributed by atoms with van der Waals surface area (Å²) in [5.74, 6) is 0. The van der Waals surface area contributed by atoms with Crippen molar-refractivity contribution in [3.63, 3.8) is 0 Å². The van der Waals surface area contributed by atoms with E-state index < -0.39 is 11.2 Å². The average molecular weight is 563 g/mol. The fourth-order valence-electron chi connectivity index (χ4n) is 7.58. The Morgan fingerprint density at radius 3 is 2.15 bits per heavy atom. The van der Waals surface area contributed by atoms with Crippen LogP contribution in [0, 0.1) is 5.41 Å². The van der Waals surface area contributed by atoms with E-state index in [2.05, 4.69) is 44.4 Å². The summed E-state index contributed by atoms with van der Waals surface area (Å²) in [6.07, 6.45) is 9.18. The normalized spacial score (nSPS) is 29.5. The number of hydrogen-bond donors (Lipinski definition) is 0. The van der Waals surface area contributed by atoms with E-state index in [0.29, 0.717) is 12.1 Å². The van der Waals surface area contributed by atoms with Gasteiger partial charge in [0.15, 0.2) is 0 Å². The van der Waals surface area contributed by atoms with Crippen LogP contribution in [0.25, 0.3) is 0 Å². The van der Waals surface area contributed by atoms with Crippen molar-refractivity contribution in [1.82, 2.24) is 19.6 Å². The van der Waals surface area contributed by atoms with Crippen LogP contribution in [-0.4, -0.2) is 106 Å². The molecular weight excluding hydrogens is 504 g/mol. The molecule has 4 aliphatic heterocycles. The topological polar surface area (TPSA) is 65.6 Å². The molecule has 2 spiro atoms. The van der Waals surface area contributed by atoms with Crippen LogP contribution in [0.1, 0.15) is 113 Å². The SMILES string of the molecule is CC(C)N1CCC2(CCCN(C(=O)OC(C)(C)CCC(C)N3CCC4(CCCCN4C(=O)OC(C)(C)C)C3)C2)C1. The monoisotopic (exact) mass is 562 g/mol. The summed E-state index contributed by atoms with van der Waals surface area (Å²) in [6, 6.07) is 0.921. The van der Waals surface area contributed by atoms with Crippen LogP contribution in [0.15, 0.2) is 0 Å². The maximum Gasteiger partial charge on any atom is 0.410 e. The van der Waals surface area contributed by atoms with Gasteiger partial charge in [0.1, 0.15) is 11.2 Å². The third kappa shape index (κ3) is 7.45. The number of hydrogen-bond acceptors (Lipinski definition) is 6. The molecular formula is C32H58N4O4. The predicted octanol–water partition coefficient (Wildman–Crippen LogP) is 6.13. The first-order chi connectivity index (χ1) is 18.6. The minimum absolute atomic E-state index is 0.119. The minimum atomic E-state index is -0.513. The van der Waals surface area contributed by atoms with Crippen LogP contribution in [-0.2, 0) is 9.47 Å². The second-order valence-corrected chi connectivity index (χ2v) is 15.4. The van der Waals surface area contributed by atoms with Crippen LogP contribution < -0.4 is 0 Å². The van der Waals surface area contributed by atoms with Gasteiger partial charge in [0.2, 0.25) is 0 Å². The third-order valence-corrected chi connectivity index (χ3v) is 10.1. The lowest BCUT2D eigenvalue weighted by molar-refractivity contribution is -0.0163. The Kier molecular flexibility index (Phi) is 9.41. The van der Waals surface area contributed by atoms with Gasteiger partial charge in [0.05, 0.1) is 5.54 Å². The molecule has 0 bridgehead atoms. The molecule has 0 aliphatic carbocycles. The lowest BCUT2D eigenvalue weighted by Gasteiger charge is -2.45. The molecule has 230 valence electrons. The minimum Gasteiger partial charge on any atom is -0.444 e. The van der Waals surface area contributed by atoms with Crippen LogP contribution in [0.5, 0.6) is 0 Å². The van der Waals surface area contributed by atoms with Gasteiger partial charge in [0, 0.05) is 56.8 Å². The first-order valence-corrected chi connectivity index (χ1v) is 16.1. The highest BCUT2D eigenvalue weighted by atomic mass is 16.6. The smallest absolute Gasteiger partial charge is 0.410 e. The van der Waals surface area contributed by atoms with Crippen molar-refractivity contribution in [2.45, 2.75) is 142 Å². The van der Waals surface area contributed by atoms with Crippen LogP contribution in [0.4, 0.5) is 9.59 Å². The molecule has 3 unspecified atom stereocenters. The Bertz CT molecular complexity index is 902. The molecule has 3 atom stereocenters. The molecule has 4 aliphatic rings. The maximum absolute atomic E-state index is 13.3. The van der Waals surface area contributed by atoms with Gasteiger partial charge < -0.3 is 24.2 Å². The molecule has 2 amide bonds. The standard InChI is InChI=1S/C32H58N4O4/c1-25(2)33-20-16-31(22-33)13-11-18-35(23-31)27(37)40-30(7,8)15-12-26(3)34-21-17-32(24-34)14-9-10-19-36(32)28(38)39-29(4,5)6/h25-26H,9-24H2,1-8H3. The summed E-state index contributed by atoms with van der Waals surface area (Å²) >= 11 is 0. The van der Waals surface area contributed by atoms with Gasteiger partial charge in [-0.05, 0) is 120 Å². The van der Waals surface area contributed by atoms with Gasteiger partial charge in [-0.15, -0.1) is 0 Å². The van der Waals surface area contributed by atoms with Crippen molar-refractivity contribution in [3.8, 4) is 0 Å². The molecule has 4 heterocycles. The van der Waals surface area contributed by atoms with Gasteiger partial charge in [-0.2, -0.15) is 0 Å². The van der Waals surface area contributed by atoms with Crippen molar-refractivity contribution in [3.05, 3.63) is 0 Å². The number of ether oxygens (including phenoxy) is 2. The van der Waals surface area contributed by atoms with Gasteiger partial charge in [-0.3, -0.25) is 4.90 Å². The number of carbonyl (C=O) groups is 2. The highest BCUT2D eigenvalue weighted by molar-refractivity contribution is 5.69. The molecule has 8 nitrogen and oxygen atoms in total. The van der Waals surface area contributed by atoms with E-state index in [-0.39, 0.29) is 23.1 Å². The van der Waals surface area contributed by atoms with E-state index in [1.807, 2.05) is 30.6 Å². The molecule has 8 heteroatoms. The summed E-state index contributed by atoms with van der Waals surface area (Å²) in [6.45, 7) is 23.3. The number of piperidine rings is 2. The van der Waals surface area contributed by atoms with Crippen LogP contribution in [0.3, 0.4) is 0 Å². The number of rotatable bonds is 6. The summed E-state index contributed by atoms with van der Waals surface area (Å²) in [4.78, 5) is 35.5. The van der Waals surface area contributed by atoms with Gasteiger partial charge in [-0.1, -0.05) is 0 Å². The summed E-state index contributed by atoms with van der Waals surface area (Å²) < 4.78 is 12.0. The highest BCUT2D eigenvalue weighted by Gasteiger charge is 2.49. The maximum atomic E-state index is 13.3. The molecule has 4 rings (SSSR count). The number of nitrogens with zero attached hydrogens (tertiary/aromatic N) is 4. The lowest BCUT2D eigenvalue weighted by atomic mass is 9.79. The second kappa shape index (κ2) is 12.0. The second-order valence-electron chi connectivity index (χ2n) is 15.4. The predicted molar refractivity (Wildman–Crippen MR) is 160 cm³/mol. The van der Waals surface area contributed by atoms with Crippen molar-refractivity contribution in [2.75, 3.05) is 45.8 Å². The molecule has 0 aromatic carbocycles. The highest BCUT2D eigenvalue weighted by Crippen LogP contribution is 2.41. The molecule has 40 heavy (non-hydrogen) atoms. The number of likely N-dealkylation sites (tertiary alicyclic amines) is 4. The summed E-state index contributed by atoms with van der Waals surface area (Å²) in [7, 11) is 0. The van der Waals surface area contributed by atoms with E-state index in [4.69, 9.17) is 9.47 Å². The van der Waals surface area contributed by atoms with E-state index in [0.717, 1.165) is 90.8 Å². The van der Waals surface area contributed by atoms with Crippen LogP contribution in [0.2, 0.25) is 0 Å². The first-order valence-electron chi connectivity index (χ1n) is 16.1. The lowest BCUT2D eigenvalue weighted by Crippen LogP contribution is -2.57. The molecule has 4 saturated heterocycles. The van der Waals surface area contributed by atoms with Gasteiger partial charge in [0.25, 0.3) is 0 Å². The van der Waals surface area contributed by atoms with Crippen molar-refractivity contribution in [2.24, 2.45) is 5.41 Å². The largest absolute Gasteiger partial charge is 0.444 e. The van der Waals surface area contributed by atoms with E-state index in [1.165, 1.54) is 12.8 Å². The fraction of sp³-hybridized carbons (Fsp3) is 0.938. The summed E-state index contributed by atoms with van der Waals surface area (Å²) in [5.41, 5.74) is -0.879. The molecule has 4 fully saturated rings.